The summed E-state index contributed by atoms with van der Waals surface area (Å²) in [5, 5.41) is 11.2. The number of halogens is 3. The van der Waals surface area contributed by atoms with Crippen molar-refractivity contribution >= 4 is 5.84 Å². The highest BCUT2D eigenvalue weighted by molar-refractivity contribution is 5.96. The number of amidine groups is 1. The van der Waals surface area contributed by atoms with Gasteiger partial charge in [0.15, 0.2) is 5.84 Å². The van der Waals surface area contributed by atoms with E-state index in [-0.39, 0.29) is 24.6 Å². The Kier molecular flexibility index (Phi) is 4.93. The van der Waals surface area contributed by atoms with Crippen LogP contribution in [-0.4, -0.2) is 35.0 Å². The van der Waals surface area contributed by atoms with Crippen LogP contribution in [0, 0.1) is 0 Å². The molecule has 1 aromatic rings. The third-order valence-corrected chi connectivity index (χ3v) is 2.15. The average molecular weight is 279 g/mol. The van der Waals surface area contributed by atoms with Crippen molar-refractivity contribution in [1.29, 1.82) is 0 Å². The van der Waals surface area contributed by atoms with Crippen LogP contribution in [0.25, 0.3) is 0 Å². The Labute approximate surface area is 105 Å². The highest BCUT2D eigenvalue weighted by atomic mass is 19.4. The van der Waals surface area contributed by atoms with Gasteiger partial charge in [-0.3, -0.25) is 4.79 Å². The highest BCUT2D eigenvalue weighted by Crippen LogP contribution is 2.14. The summed E-state index contributed by atoms with van der Waals surface area (Å²) in [6.45, 7) is -1.72. The van der Waals surface area contributed by atoms with Crippen molar-refractivity contribution in [2.45, 2.75) is 12.7 Å². The summed E-state index contributed by atoms with van der Waals surface area (Å²) in [5.74, 6) is -0.365. The molecule has 1 heterocycles. The van der Waals surface area contributed by atoms with Crippen LogP contribution in [-0.2, 0) is 11.3 Å². The fourth-order valence-corrected chi connectivity index (χ4v) is 1.31. The van der Waals surface area contributed by atoms with Crippen LogP contribution in [0.1, 0.15) is 5.56 Å². The summed E-state index contributed by atoms with van der Waals surface area (Å²) in [6, 6.07) is 2.79. The van der Waals surface area contributed by atoms with Gasteiger partial charge in [0.2, 0.25) is 0 Å². The SMILES string of the molecule is N/C(=N/O)c1cccn(CCOCC(F)(F)F)c1=O. The molecule has 0 aliphatic heterocycles. The quantitative estimate of drug-likeness (QED) is 0.270. The average Bonchev–Trinajstić information content (AvgIpc) is 2.34. The molecule has 0 saturated carbocycles. The van der Waals surface area contributed by atoms with E-state index in [2.05, 4.69) is 9.89 Å². The minimum Gasteiger partial charge on any atom is -0.409 e. The lowest BCUT2D eigenvalue weighted by molar-refractivity contribution is -0.174. The lowest BCUT2D eigenvalue weighted by Crippen LogP contribution is -2.31. The molecule has 0 amide bonds. The summed E-state index contributed by atoms with van der Waals surface area (Å²) in [6.07, 6.45) is -3.03. The molecule has 0 unspecified atom stereocenters. The Morgan fingerprint density at radius 1 is 1.53 bits per heavy atom. The maximum absolute atomic E-state index is 11.8. The first-order chi connectivity index (χ1) is 8.85. The van der Waals surface area contributed by atoms with E-state index in [0.717, 1.165) is 4.57 Å². The van der Waals surface area contributed by atoms with Gasteiger partial charge in [-0.25, -0.2) is 0 Å². The second-order valence-electron chi connectivity index (χ2n) is 3.57. The molecule has 0 aliphatic carbocycles. The van der Waals surface area contributed by atoms with Crippen LogP contribution in [0.2, 0.25) is 0 Å². The van der Waals surface area contributed by atoms with Gasteiger partial charge in [-0.05, 0) is 12.1 Å². The zero-order valence-corrected chi connectivity index (χ0v) is 9.72. The third-order valence-electron chi connectivity index (χ3n) is 2.15. The molecule has 9 heteroatoms. The van der Waals surface area contributed by atoms with E-state index in [1.54, 1.807) is 0 Å². The highest BCUT2D eigenvalue weighted by Gasteiger charge is 2.27. The van der Waals surface area contributed by atoms with Crippen LogP contribution in [0.4, 0.5) is 13.2 Å². The topological polar surface area (TPSA) is 89.8 Å². The van der Waals surface area contributed by atoms with Crippen LogP contribution < -0.4 is 11.3 Å². The molecular weight excluding hydrogens is 267 g/mol. The molecule has 3 N–H and O–H groups in total. The summed E-state index contributed by atoms with van der Waals surface area (Å²) >= 11 is 0. The largest absolute Gasteiger partial charge is 0.411 e. The van der Waals surface area contributed by atoms with Crippen molar-refractivity contribution in [3.8, 4) is 0 Å². The molecule has 0 bridgehead atoms. The zero-order valence-electron chi connectivity index (χ0n) is 9.72. The molecule has 0 radical (unpaired) electrons. The molecule has 1 aromatic heterocycles. The van der Waals surface area contributed by atoms with E-state index in [1.165, 1.54) is 18.3 Å². The monoisotopic (exact) mass is 279 g/mol. The van der Waals surface area contributed by atoms with Gasteiger partial charge in [0.05, 0.1) is 12.2 Å². The molecule has 0 spiro atoms. The van der Waals surface area contributed by atoms with Gasteiger partial charge in [0, 0.05) is 12.7 Å². The first-order valence-electron chi connectivity index (χ1n) is 5.17. The predicted octanol–water partition coefficient (Wildman–Crippen LogP) is 0.522. The first kappa shape index (κ1) is 15.0. The van der Waals surface area contributed by atoms with Crippen molar-refractivity contribution in [1.82, 2.24) is 4.57 Å². The molecule has 0 fully saturated rings. The minimum atomic E-state index is -4.40. The molecule has 1 rings (SSSR count). The number of hydrogen-bond acceptors (Lipinski definition) is 4. The van der Waals surface area contributed by atoms with E-state index < -0.39 is 18.3 Å². The van der Waals surface area contributed by atoms with Crippen molar-refractivity contribution in [3.63, 3.8) is 0 Å². The van der Waals surface area contributed by atoms with Crippen molar-refractivity contribution in [2.75, 3.05) is 13.2 Å². The summed E-state index contributed by atoms with van der Waals surface area (Å²) < 4.78 is 41.0. The van der Waals surface area contributed by atoms with Crippen LogP contribution in [0.15, 0.2) is 28.3 Å². The predicted molar refractivity (Wildman–Crippen MR) is 60.1 cm³/mol. The Bertz CT molecular complexity index is 511. The number of ether oxygens (including phenoxy) is 1. The molecule has 0 atom stereocenters. The molecule has 6 nitrogen and oxygen atoms in total. The number of rotatable bonds is 5. The second kappa shape index (κ2) is 6.23. The van der Waals surface area contributed by atoms with E-state index in [0.29, 0.717) is 0 Å². The van der Waals surface area contributed by atoms with E-state index >= 15 is 0 Å². The van der Waals surface area contributed by atoms with E-state index in [4.69, 9.17) is 10.9 Å². The standard InChI is InChI=1S/C10H12F3N3O3/c11-10(12,13)6-19-5-4-16-3-1-2-7(9(16)17)8(14)15-18/h1-3,18H,4-6H2,(H2,14,15). The number of nitrogens with two attached hydrogens (primary N) is 1. The minimum absolute atomic E-state index is 0.0409. The Morgan fingerprint density at radius 2 is 2.21 bits per heavy atom. The number of aromatic nitrogens is 1. The number of oxime groups is 1. The fraction of sp³-hybridized carbons (Fsp3) is 0.400. The zero-order chi connectivity index (χ0) is 14.5. The molecule has 106 valence electrons. The van der Waals surface area contributed by atoms with Gasteiger partial charge in [-0.2, -0.15) is 13.2 Å². The van der Waals surface area contributed by atoms with Gasteiger partial charge in [0.25, 0.3) is 5.56 Å². The molecule has 0 saturated heterocycles. The second-order valence-corrected chi connectivity index (χ2v) is 3.57. The fourth-order valence-electron chi connectivity index (χ4n) is 1.31. The third kappa shape index (κ3) is 4.62. The Hall–Kier alpha value is -2.03. The Balaban J connectivity index is 2.68. The molecule has 0 aliphatic rings. The van der Waals surface area contributed by atoms with E-state index in [1.807, 2.05) is 0 Å². The van der Waals surface area contributed by atoms with Gasteiger partial charge in [-0.1, -0.05) is 5.16 Å². The normalized spacial score (nSPS) is 12.7. The Morgan fingerprint density at radius 3 is 2.79 bits per heavy atom. The van der Waals surface area contributed by atoms with Gasteiger partial charge in [-0.15, -0.1) is 0 Å². The summed E-state index contributed by atoms with van der Waals surface area (Å²) in [7, 11) is 0. The smallest absolute Gasteiger partial charge is 0.409 e. The number of hydrogen-bond donors (Lipinski definition) is 2. The van der Waals surface area contributed by atoms with Crippen molar-refractivity contribution < 1.29 is 23.1 Å². The number of nitrogens with zero attached hydrogens (tertiary/aromatic N) is 2. The van der Waals surface area contributed by atoms with Gasteiger partial charge >= 0.3 is 6.18 Å². The van der Waals surface area contributed by atoms with Crippen molar-refractivity contribution in [3.05, 3.63) is 34.2 Å². The molecule has 0 aromatic carbocycles. The molecule has 19 heavy (non-hydrogen) atoms. The first-order valence-corrected chi connectivity index (χ1v) is 5.17. The van der Waals surface area contributed by atoms with E-state index in [9.17, 15) is 18.0 Å². The van der Waals surface area contributed by atoms with Crippen LogP contribution in [0.3, 0.4) is 0 Å². The lowest BCUT2D eigenvalue weighted by Gasteiger charge is -2.09. The van der Waals surface area contributed by atoms with Crippen LogP contribution >= 0.6 is 0 Å². The maximum Gasteiger partial charge on any atom is 0.411 e. The van der Waals surface area contributed by atoms with Gasteiger partial charge < -0.3 is 20.2 Å². The van der Waals surface area contributed by atoms with Crippen molar-refractivity contribution in [2.24, 2.45) is 10.9 Å². The summed E-state index contributed by atoms with van der Waals surface area (Å²) in [5.41, 5.74) is 4.67. The van der Waals surface area contributed by atoms with Gasteiger partial charge in [0.1, 0.15) is 6.61 Å². The number of alkyl halides is 3. The van der Waals surface area contributed by atoms with Crippen LogP contribution in [0.5, 0.6) is 0 Å². The molecular formula is C10H12F3N3O3. The number of pyridine rings is 1. The summed E-state index contributed by atoms with van der Waals surface area (Å²) in [4.78, 5) is 11.8. The lowest BCUT2D eigenvalue weighted by atomic mass is 10.2. The maximum atomic E-state index is 11.8.